The highest BCUT2D eigenvalue weighted by Crippen LogP contribution is 2.29. The molecule has 0 amide bonds. The molecule has 1 atom stereocenters. The standard InChI is InChI=1S/C16H19N3O2/c1-2-21-16(20)14-9-5-6-10-19(14)15-13-8-4-3-7-12(13)11-17-18-15/h3-4,7-8,11,14H,2,5-6,9-10H2,1H3. The minimum absolute atomic E-state index is 0.160. The van der Waals surface area contributed by atoms with Crippen LogP contribution in [0.3, 0.4) is 0 Å². The van der Waals surface area contributed by atoms with Crippen molar-refractivity contribution in [2.75, 3.05) is 18.1 Å². The molecule has 0 saturated carbocycles. The van der Waals surface area contributed by atoms with E-state index in [9.17, 15) is 4.79 Å². The predicted octanol–water partition coefficient (Wildman–Crippen LogP) is 2.55. The third-order valence-electron chi connectivity index (χ3n) is 3.88. The molecule has 110 valence electrons. The predicted molar refractivity (Wildman–Crippen MR) is 81.2 cm³/mol. The van der Waals surface area contributed by atoms with Crippen molar-refractivity contribution in [3.05, 3.63) is 30.5 Å². The first-order valence-electron chi connectivity index (χ1n) is 7.45. The maximum Gasteiger partial charge on any atom is 0.328 e. The fourth-order valence-electron chi connectivity index (χ4n) is 2.89. The molecule has 1 aliphatic rings. The van der Waals surface area contributed by atoms with Crippen LogP contribution in [0.1, 0.15) is 26.2 Å². The number of piperidine rings is 1. The Kier molecular flexibility index (Phi) is 3.99. The maximum atomic E-state index is 12.2. The van der Waals surface area contributed by atoms with Gasteiger partial charge in [-0.25, -0.2) is 4.79 Å². The van der Waals surface area contributed by atoms with Crippen molar-refractivity contribution in [2.24, 2.45) is 0 Å². The molecule has 1 aliphatic heterocycles. The van der Waals surface area contributed by atoms with Gasteiger partial charge in [-0.3, -0.25) is 0 Å². The minimum Gasteiger partial charge on any atom is -0.464 e. The summed E-state index contributed by atoms with van der Waals surface area (Å²) < 4.78 is 5.22. The summed E-state index contributed by atoms with van der Waals surface area (Å²) in [6.07, 6.45) is 4.66. The monoisotopic (exact) mass is 285 g/mol. The number of carbonyl (C=O) groups is 1. The minimum atomic E-state index is -0.251. The van der Waals surface area contributed by atoms with E-state index in [1.165, 1.54) is 0 Å². The molecule has 3 rings (SSSR count). The Bertz CT molecular complexity index is 639. The first kappa shape index (κ1) is 13.8. The van der Waals surface area contributed by atoms with Crippen LogP contribution in [0, 0.1) is 0 Å². The zero-order chi connectivity index (χ0) is 14.7. The number of aromatic nitrogens is 2. The van der Waals surface area contributed by atoms with E-state index in [4.69, 9.17) is 4.74 Å². The van der Waals surface area contributed by atoms with Crippen LogP contribution in [0.15, 0.2) is 30.5 Å². The van der Waals surface area contributed by atoms with Gasteiger partial charge in [0.05, 0.1) is 12.8 Å². The van der Waals surface area contributed by atoms with Crippen LogP contribution < -0.4 is 4.90 Å². The molecule has 21 heavy (non-hydrogen) atoms. The first-order valence-corrected chi connectivity index (χ1v) is 7.45. The van der Waals surface area contributed by atoms with Gasteiger partial charge in [0.15, 0.2) is 5.82 Å². The average Bonchev–Trinajstić information content (AvgIpc) is 2.54. The van der Waals surface area contributed by atoms with Crippen molar-refractivity contribution in [1.29, 1.82) is 0 Å². The van der Waals surface area contributed by atoms with Gasteiger partial charge in [0, 0.05) is 17.3 Å². The van der Waals surface area contributed by atoms with E-state index in [2.05, 4.69) is 15.1 Å². The lowest BCUT2D eigenvalue weighted by atomic mass is 10.0. The quantitative estimate of drug-likeness (QED) is 0.811. The lowest BCUT2D eigenvalue weighted by Gasteiger charge is -2.35. The van der Waals surface area contributed by atoms with Crippen LogP contribution in [0.2, 0.25) is 0 Å². The molecule has 1 aromatic heterocycles. The molecule has 5 heteroatoms. The summed E-state index contributed by atoms with van der Waals surface area (Å²) in [7, 11) is 0. The Labute approximate surface area is 123 Å². The van der Waals surface area contributed by atoms with E-state index < -0.39 is 0 Å². The fraction of sp³-hybridized carbons (Fsp3) is 0.438. The number of carbonyl (C=O) groups excluding carboxylic acids is 1. The summed E-state index contributed by atoms with van der Waals surface area (Å²) >= 11 is 0. The highest BCUT2D eigenvalue weighted by molar-refractivity contribution is 5.93. The Morgan fingerprint density at radius 2 is 2.24 bits per heavy atom. The molecule has 0 radical (unpaired) electrons. The molecule has 0 N–H and O–H groups in total. The summed E-state index contributed by atoms with van der Waals surface area (Å²) in [5.74, 6) is 0.623. The molecule has 0 aliphatic carbocycles. The maximum absolute atomic E-state index is 12.2. The van der Waals surface area contributed by atoms with Crippen molar-refractivity contribution < 1.29 is 9.53 Å². The summed E-state index contributed by atoms with van der Waals surface area (Å²) in [5.41, 5.74) is 0. The number of ether oxygens (including phenoxy) is 1. The first-order chi connectivity index (χ1) is 10.3. The second-order valence-electron chi connectivity index (χ2n) is 5.21. The molecule has 2 heterocycles. The van der Waals surface area contributed by atoms with E-state index in [1.54, 1.807) is 6.20 Å². The molecule has 1 aromatic carbocycles. The van der Waals surface area contributed by atoms with Crippen molar-refractivity contribution >= 4 is 22.6 Å². The lowest BCUT2D eigenvalue weighted by molar-refractivity contribution is -0.145. The molecule has 0 bridgehead atoms. The number of esters is 1. The SMILES string of the molecule is CCOC(=O)C1CCCCN1c1nncc2ccccc12. The van der Waals surface area contributed by atoms with Gasteiger partial charge in [-0.15, -0.1) is 5.10 Å². The van der Waals surface area contributed by atoms with Crippen LogP contribution in [0.4, 0.5) is 5.82 Å². The van der Waals surface area contributed by atoms with Crippen molar-refractivity contribution in [1.82, 2.24) is 10.2 Å². The highest BCUT2D eigenvalue weighted by Gasteiger charge is 2.31. The Morgan fingerprint density at radius 1 is 1.38 bits per heavy atom. The van der Waals surface area contributed by atoms with Crippen LogP contribution in [0.5, 0.6) is 0 Å². The largest absolute Gasteiger partial charge is 0.464 e. The molecule has 0 spiro atoms. The summed E-state index contributed by atoms with van der Waals surface area (Å²) in [4.78, 5) is 14.3. The van der Waals surface area contributed by atoms with Gasteiger partial charge in [-0.1, -0.05) is 24.3 Å². The molecule has 1 unspecified atom stereocenters. The number of anilines is 1. The van der Waals surface area contributed by atoms with Crippen LogP contribution >= 0.6 is 0 Å². The molecular formula is C16H19N3O2. The fourth-order valence-corrected chi connectivity index (χ4v) is 2.89. The van der Waals surface area contributed by atoms with Crippen LogP contribution in [-0.4, -0.2) is 35.4 Å². The van der Waals surface area contributed by atoms with E-state index in [1.807, 2.05) is 31.2 Å². The van der Waals surface area contributed by atoms with Gasteiger partial charge < -0.3 is 9.64 Å². The number of benzene rings is 1. The number of rotatable bonds is 3. The van der Waals surface area contributed by atoms with Crippen LogP contribution in [-0.2, 0) is 9.53 Å². The third-order valence-corrected chi connectivity index (χ3v) is 3.88. The van der Waals surface area contributed by atoms with Crippen LogP contribution in [0.25, 0.3) is 10.8 Å². The van der Waals surface area contributed by atoms with E-state index in [-0.39, 0.29) is 12.0 Å². The normalized spacial score (nSPS) is 18.7. The summed E-state index contributed by atoms with van der Waals surface area (Å²) in [6, 6.07) is 7.75. The zero-order valence-electron chi connectivity index (χ0n) is 12.2. The number of hydrogen-bond acceptors (Lipinski definition) is 5. The van der Waals surface area contributed by atoms with Gasteiger partial charge in [-0.05, 0) is 26.2 Å². The van der Waals surface area contributed by atoms with Gasteiger partial charge in [-0.2, -0.15) is 5.10 Å². The van der Waals surface area contributed by atoms with E-state index in [0.29, 0.717) is 6.61 Å². The van der Waals surface area contributed by atoms with E-state index >= 15 is 0 Å². The summed E-state index contributed by atoms with van der Waals surface area (Å²) in [6.45, 7) is 3.05. The van der Waals surface area contributed by atoms with Gasteiger partial charge >= 0.3 is 5.97 Å². The molecule has 2 aromatic rings. The second kappa shape index (κ2) is 6.08. The molecule has 1 saturated heterocycles. The number of fused-ring (bicyclic) bond motifs is 1. The van der Waals surface area contributed by atoms with Crippen molar-refractivity contribution in [3.63, 3.8) is 0 Å². The second-order valence-corrected chi connectivity index (χ2v) is 5.21. The Balaban J connectivity index is 2.00. The molecular weight excluding hydrogens is 266 g/mol. The zero-order valence-corrected chi connectivity index (χ0v) is 12.2. The van der Waals surface area contributed by atoms with Gasteiger partial charge in [0.1, 0.15) is 6.04 Å². The van der Waals surface area contributed by atoms with Crippen molar-refractivity contribution in [2.45, 2.75) is 32.2 Å². The van der Waals surface area contributed by atoms with Gasteiger partial charge in [0.25, 0.3) is 0 Å². The average molecular weight is 285 g/mol. The van der Waals surface area contributed by atoms with Gasteiger partial charge in [0.2, 0.25) is 0 Å². The smallest absolute Gasteiger partial charge is 0.328 e. The lowest BCUT2D eigenvalue weighted by Crippen LogP contribution is -2.46. The highest BCUT2D eigenvalue weighted by atomic mass is 16.5. The Hall–Kier alpha value is -2.17. The van der Waals surface area contributed by atoms with E-state index in [0.717, 1.165) is 42.4 Å². The number of nitrogens with zero attached hydrogens (tertiary/aromatic N) is 3. The summed E-state index contributed by atoms with van der Waals surface area (Å²) in [5, 5.41) is 10.4. The molecule has 5 nitrogen and oxygen atoms in total. The third kappa shape index (κ3) is 2.68. The number of hydrogen-bond donors (Lipinski definition) is 0. The molecule has 1 fully saturated rings. The topological polar surface area (TPSA) is 55.3 Å². The van der Waals surface area contributed by atoms with Crippen molar-refractivity contribution in [3.8, 4) is 0 Å². The Morgan fingerprint density at radius 3 is 3.10 bits per heavy atom.